The molecule has 228 valence electrons. The highest BCUT2D eigenvalue weighted by atomic mass is 31.2. The first-order valence-corrected chi connectivity index (χ1v) is 15.3. The number of ether oxygens (including phenoxy) is 1. The first kappa shape index (κ1) is 30.4. The molecule has 15 heteroatoms. The summed E-state index contributed by atoms with van der Waals surface area (Å²) in [5.74, 6) is -2.41. The van der Waals surface area contributed by atoms with Crippen LogP contribution in [0.4, 0.5) is 9.18 Å². The summed E-state index contributed by atoms with van der Waals surface area (Å²) in [5.41, 5.74) is 1.13. The second kappa shape index (κ2) is 12.3. The minimum absolute atomic E-state index is 0.00574. The van der Waals surface area contributed by atoms with Gasteiger partial charge in [0.1, 0.15) is 17.1 Å². The second-order valence-electron chi connectivity index (χ2n) is 10.4. The molecule has 0 radical (unpaired) electrons. The Morgan fingerprint density at radius 2 is 1.84 bits per heavy atom. The maximum atomic E-state index is 13.4. The number of fused-ring (bicyclic) bond motifs is 2. The number of aromatic nitrogens is 1. The van der Waals surface area contributed by atoms with E-state index in [0.29, 0.717) is 29.6 Å². The van der Waals surface area contributed by atoms with Gasteiger partial charge in [-0.15, -0.1) is 0 Å². The maximum Gasteiger partial charge on any atom is 0.415 e. The molecular formula is C28H30FN4O9P. The SMILES string of the molecule is C[C@H](OP(=O)(O)CCN1CCN(C(=O)Oc2c3c(c(O)c4ncccc24)C(=O)N(Cc2ccc(F)cc2)C3)CC1)C(=O)O. The summed E-state index contributed by atoms with van der Waals surface area (Å²) in [7, 11) is -4.12. The van der Waals surface area contributed by atoms with Gasteiger partial charge in [0, 0.05) is 56.4 Å². The zero-order valence-corrected chi connectivity index (χ0v) is 24.1. The third kappa shape index (κ3) is 6.62. The number of benzene rings is 2. The fourth-order valence-corrected chi connectivity index (χ4v) is 6.31. The number of aliphatic carboxylic acids is 1. The molecule has 5 rings (SSSR count). The molecule has 3 aromatic rings. The first-order chi connectivity index (χ1) is 20.4. The van der Waals surface area contributed by atoms with Crippen LogP contribution in [-0.2, 0) is 27.0 Å². The monoisotopic (exact) mass is 616 g/mol. The summed E-state index contributed by atoms with van der Waals surface area (Å²) in [5, 5.41) is 20.3. The van der Waals surface area contributed by atoms with E-state index in [0.717, 1.165) is 0 Å². The van der Waals surface area contributed by atoms with E-state index in [4.69, 9.17) is 14.4 Å². The lowest BCUT2D eigenvalue weighted by Crippen LogP contribution is -2.50. The average molecular weight is 617 g/mol. The van der Waals surface area contributed by atoms with Crippen LogP contribution >= 0.6 is 7.60 Å². The van der Waals surface area contributed by atoms with Crippen molar-refractivity contribution in [2.75, 3.05) is 38.9 Å². The summed E-state index contributed by atoms with van der Waals surface area (Å²) in [4.78, 5) is 56.6. The number of nitrogens with zero attached hydrogens (tertiary/aromatic N) is 4. The fraction of sp³-hybridized carbons (Fsp3) is 0.357. The van der Waals surface area contributed by atoms with Crippen LogP contribution in [0.1, 0.15) is 28.4 Å². The Hall–Kier alpha value is -4.10. The van der Waals surface area contributed by atoms with Crippen molar-refractivity contribution in [3.63, 3.8) is 0 Å². The first-order valence-electron chi connectivity index (χ1n) is 13.5. The van der Waals surface area contributed by atoms with Crippen molar-refractivity contribution in [3.8, 4) is 11.5 Å². The molecule has 13 nitrogen and oxygen atoms in total. The van der Waals surface area contributed by atoms with Gasteiger partial charge in [-0.05, 0) is 36.8 Å². The van der Waals surface area contributed by atoms with Crippen LogP contribution in [0.5, 0.6) is 11.5 Å². The Labute approximate surface area is 245 Å². The van der Waals surface area contributed by atoms with E-state index >= 15 is 0 Å². The van der Waals surface area contributed by atoms with Gasteiger partial charge >= 0.3 is 19.7 Å². The average Bonchev–Trinajstić information content (AvgIpc) is 3.30. The third-order valence-electron chi connectivity index (χ3n) is 7.42. The van der Waals surface area contributed by atoms with E-state index in [1.807, 2.05) is 4.90 Å². The Bertz CT molecular complexity index is 1610. The lowest BCUT2D eigenvalue weighted by atomic mass is 10.0. The molecule has 0 aliphatic carbocycles. The number of piperazine rings is 1. The van der Waals surface area contributed by atoms with Gasteiger partial charge in [0.15, 0.2) is 11.9 Å². The van der Waals surface area contributed by atoms with Gasteiger partial charge in [0.2, 0.25) is 0 Å². The molecular weight excluding hydrogens is 586 g/mol. The maximum absolute atomic E-state index is 13.4. The van der Waals surface area contributed by atoms with Gasteiger partial charge in [-0.3, -0.25) is 23.8 Å². The Balaban J connectivity index is 1.28. The number of hydrogen-bond donors (Lipinski definition) is 3. The number of halogens is 1. The molecule has 43 heavy (non-hydrogen) atoms. The normalized spacial score (nSPS) is 17.5. The van der Waals surface area contributed by atoms with Crippen LogP contribution < -0.4 is 4.74 Å². The highest BCUT2D eigenvalue weighted by Gasteiger charge is 2.37. The van der Waals surface area contributed by atoms with Crippen LogP contribution in [-0.4, -0.2) is 97.7 Å². The van der Waals surface area contributed by atoms with E-state index < -0.39 is 37.5 Å². The molecule has 2 aliphatic heterocycles. The van der Waals surface area contributed by atoms with Crippen molar-refractivity contribution < 1.29 is 47.7 Å². The zero-order chi connectivity index (χ0) is 30.9. The molecule has 2 aromatic carbocycles. The molecule has 2 aliphatic rings. The molecule has 1 saturated heterocycles. The van der Waals surface area contributed by atoms with E-state index in [1.54, 1.807) is 24.3 Å². The summed E-state index contributed by atoms with van der Waals surface area (Å²) in [6.07, 6.45) is -0.905. The summed E-state index contributed by atoms with van der Waals surface area (Å²) in [6.45, 7) is 2.75. The fourth-order valence-electron chi connectivity index (χ4n) is 5.09. The Morgan fingerprint density at radius 1 is 1.14 bits per heavy atom. The number of rotatable bonds is 9. The van der Waals surface area contributed by atoms with Crippen LogP contribution in [0.25, 0.3) is 10.9 Å². The molecule has 3 heterocycles. The van der Waals surface area contributed by atoms with E-state index in [9.17, 15) is 33.3 Å². The Morgan fingerprint density at radius 3 is 2.51 bits per heavy atom. The number of carbonyl (C=O) groups excluding carboxylic acids is 2. The van der Waals surface area contributed by atoms with Crippen molar-refractivity contribution in [3.05, 3.63) is 65.1 Å². The number of pyridine rings is 1. The lowest BCUT2D eigenvalue weighted by molar-refractivity contribution is -0.144. The smallest absolute Gasteiger partial charge is 0.415 e. The largest absolute Gasteiger partial charge is 0.505 e. The lowest BCUT2D eigenvalue weighted by Gasteiger charge is -2.34. The van der Waals surface area contributed by atoms with E-state index in [2.05, 4.69) is 4.98 Å². The van der Waals surface area contributed by atoms with Crippen LogP contribution in [0.2, 0.25) is 0 Å². The van der Waals surface area contributed by atoms with Crippen molar-refractivity contribution in [1.29, 1.82) is 0 Å². The quantitative estimate of drug-likeness (QED) is 0.302. The number of carbonyl (C=O) groups is 3. The predicted molar refractivity (Wildman–Crippen MR) is 150 cm³/mol. The number of carboxylic acid groups (broad SMARTS) is 1. The third-order valence-corrected chi connectivity index (χ3v) is 8.83. The van der Waals surface area contributed by atoms with Crippen molar-refractivity contribution in [2.24, 2.45) is 0 Å². The number of hydrogen-bond acceptors (Lipinski definition) is 9. The number of phenols is 1. The molecule has 2 atom stereocenters. The van der Waals surface area contributed by atoms with Gasteiger partial charge < -0.3 is 29.6 Å². The minimum Gasteiger partial charge on any atom is -0.505 e. The van der Waals surface area contributed by atoms with Gasteiger partial charge in [-0.2, -0.15) is 0 Å². The highest BCUT2D eigenvalue weighted by molar-refractivity contribution is 7.52. The second-order valence-corrected chi connectivity index (χ2v) is 12.3. The number of amides is 2. The van der Waals surface area contributed by atoms with Gasteiger partial charge in [-0.1, -0.05) is 12.1 Å². The van der Waals surface area contributed by atoms with Crippen molar-refractivity contribution in [2.45, 2.75) is 26.1 Å². The van der Waals surface area contributed by atoms with Crippen molar-refractivity contribution in [1.82, 2.24) is 19.7 Å². The van der Waals surface area contributed by atoms with E-state index in [-0.39, 0.29) is 61.5 Å². The highest BCUT2D eigenvalue weighted by Crippen LogP contribution is 2.45. The minimum atomic E-state index is -4.12. The van der Waals surface area contributed by atoms with Crippen molar-refractivity contribution >= 4 is 36.5 Å². The molecule has 1 unspecified atom stereocenters. The summed E-state index contributed by atoms with van der Waals surface area (Å²) >= 11 is 0. The van der Waals surface area contributed by atoms with Gasteiger partial charge in [0.25, 0.3) is 5.91 Å². The van der Waals surface area contributed by atoms with E-state index in [1.165, 1.54) is 35.1 Å². The molecule has 1 fully saturated rings. The topological polar surface area (TPSA) is 170 Å². The van der Waals surface area contributed by atoms with Crippen LogP contribution in [0.3, 0.4) is 0 Å². The van der Waals surface area contributed by atoms with Crippen LogP contribution in [0, 0.1) is 5.82 Å². The predicted octanol–water partition coefficient (Wildman–Crippen LogP) is 3.03. The molecule has 0 spiro atoms. The molecule has 2 amide bonds. The Kier molecular flexibility index (Phi) is 8.65. The van der Waals surface area contributed by atoms with Crippen LogP contribution in [0.15, 0.2) is 42.6 Å². The number of carboxylic acids is 1. The number of phenolic OH excluding ortho intramolecular Hbond substituents is 1. The zero-order valence-electron chi connectivity index (χ0n) is 23.2. The standard InChI is InChI=1S/C28H30FN4O9P/c1-17(27(36)37)42-43(39,40)14-13-31-9-11-32(12-10-31)28(38)41-25-20-3-2-8-30-23(20)24(34)22-21(25)16-33(26(22)35)15-18-4-6-19(29)7-5-18/h2-8,17,34H,9-16H2,1H3,(H,36,37)(H,39,40)/t17-/m0/s1. The molecule has 3 N–H and O–H groups in total. The van der Waals surface area contributed by atoms with Gasteiger partial charge in [-0.25, -0.2) is 14.0 Å². The number of aromatic hydroxyl groups is 1. The summed E-state index contributed by atoms with van der Waals surface area (Å²) in [6, 6.07) is 8.97. The molecule has 1 aromatic heterocycles. The molecule has 0 bridgehead atoms. The summed E-state index contributed by atoms with van der Waals surface area (Å²) < 4.78 is 36.3. The molecule has 0 saturated carbocycles. The van der Waals surface area contributed by atoms with Gasteiger partial charge in [0.05, 0.1) is 18.3 Å².